The number of hydrogen-bond acceptors (Lipinski definition) is 5. The highest BCUT2D eigenvalue weighted by atomic mass is 79.9. The molecule has 1 amide bonds. The average molecular weight is 399 g/mol. The first kappa shape index (κ1) is 18.1. The van der Waals surface area contributed by atoms with Crippen LogP contribution in [-0.2, 0) is 17.9 Å². The van der Waals surface area contributed by atoms with Crippen molar-refractivity contribution in [3.05, 3.63) is 37.9 Å². The van der Waals surface area contributed by atoms with Gasteiger partial charge in [0.2, 0.25) is 5.91 Å². The number of halogens is 1. The minimum atomic E-state index is -0.511. The number of hydrogen-bond donors (Lipinski definition) is 1. The number of nitrogens with zero attached hydrogens (tertiary/aromatic N) is 5. The Hall–Kier alpha value is -2.23. The molecule has 2 rings (SSSR count). The number of rotatable bonds is 7. The Morgan fingerprint density at radius 3 is 2.58 bits per heavy atom. The molecule has 0 aromatic carbocycles. The first-order chi connectivity index (χ1) is 11.3. The summed E-state index contributed by atoms with van der Waals surface area (Å²) in [4.78, 5) is 22.1. The monoisotopic (exact) mass is 398 g/mol. The van der Waals surface area contributed by atoms with Gasteiger partial charge >= 0.3 is 5.69 Å². The SMILES string of the molecule is Cc1nn(CC(=O)NCCCn2nc(C)c(Br)c2C)cc1[N+](=O)[O-]. The van der Waals surface area contributed by atoms with Gasteiger partial charge in [-0.2, -0.15) is 10.2 Å². The van der Waals surface area contributed by atoms with Crippen molar-refractivity contribution < 1.29 is 9.72 Å². The molecule has 2 aromatic heterocycles. The van der Waals surface area contributed by atoms with Gasteiger partial charge in [-0.05, 0) is 43.1 Å². The third-order valence-electron chi connectivity index (χ3n) is 3.58. The lowest BCUT2D eigenvalue weighted by Gasteiger charge is -2.07. The van der Waals surface area contributed by atoms with E-state index in [1.165, 1.54) is 10.9 Å². The predicted molar refractivity (Wildman–Crippen MR) is 90.6 cm³/mol. The normalized spacial score (nSPS) is 10.8. The van der Waals surface area contributed by atoms with Crippen LogP contribution < -0.4 is 5.32 Å². The van der Waals surface area contributed by atoms with Crippen LogP contribution in [0.2, 0.25) is 0 Å². The number of aryl methyl sites for hydroxylation is 3. The van der Waals surface area contributed by atoms with Crippen LogP contribution >= 0.6 is 15.9 Å². The van der Waals surface area contributed by atoms with E-state index in [4.69, 9.17) is 0 Å². The van der Waals surface area contributed by atoms with Gasteiger partial charge in [-0.15, -0.1) is 0 Å². The summed E-state index contributed by atoms with van der Waals surface area (Å²) in [5.74, 6) is -0.234. The second-order valence-corrected chi connectivity index (χ2v) is 6.26. The number of amides is 1. The van der Waals surface area contributed by atoms with Gasteiger partial charge in [0.05, 0.1) is 15.1 Å². The summed E-state index contributed by atoms with van der Waals surface area (Å²) in [5.41, 5.74) is 2.20. The number of carbonyl (C=O) groups excluding carboxylic acids is 1. The van der Waals surface area contributed by atoms with Gasteiger partial charge in [0.15, 0.2) is 0 Å². The van der Waals surface area contributed by atoms with Crippen LogP contribution in [0, 0.1) is 30.9 Å². The van der Waals surface area contributed by atoms with Gasteiger partial charge < -0.3 is 5.32 Å². The Bertz CT molecular complexity index is 767. The molecule has 2 heterocycles. The Kier molecular flexibility index (Phi) is 5.71. The molecule has 0 atom stereocenters. The lowest BCUT2D eigenvalue weighted by Crippen LogP contribution is -2.29. The molecular weight excluding hydrogens is 380 g/mol. The van der Waals surface area contributed by atoms with Crippen LogP contribution in [-0.4, -0.2) is 36.9 Å². The minimum Gasteiger partial charge on any atom is -0.354 e. The second-order valence-electron chi connectivity index (χ2n) is 5.47. The lowest BCUT2D eigenvalue weighted by atomic mass is 10.3. The van der Waals surface area contributed by atoms with Crippen molar-refractivity contribution in [2.45, 2.75) is 40.3 Å². The third kappa shape index (κ3) is 4.19. The number of carbonyl (C=O) groups is 1. The predicted octanol–water partition coefficient (Wildman–Crippen LogP) is 1.88. The molecule has 0 aliphatic carbocycles. The van der Waals surface area contributed by atoms with Crippen molar-refractivity contribution in [3.8, 4) is 0 Å². The molecule has 1 N–H and O–H groups in total. The third-order valence-corrected chi connectivity index (χ3v) is 4.73. The zero-order valence-corrected chi connectivity index (χ0v) is 15.3. The van der Waals surface area contributed by atoms with E-state index >= 15 is 0 Å². The van der Waals surface area contributed by atoms with Gasteiger partial charge in [-0.25, -0.2) is 0 Å². The van der Waals surface area contributed by atoms with E-state index in [1.807, 2.05) is 18.5 Å². The van der Waals surface area contributed by atoms with Gasteiger partial charge in [-0.1, -0.05) is 0 Å². The highest BCUT2D eigenvalue weighted by molar-refractivity contribution is 9.10. The molecule has 130 valence electrons. The molecule has 0 saturated heterocycles. The fourth-order valence-corrected chi connectivity index (χ4v) is 2.60. The molecule has 24 heavy (non-hydrogen) atoms. The standard InChI is InChI=1S/C14H19BrN6O3/c1-9-12(21(23)24)7-19(17-9)8-13(22)16-5-4-6-20-11(3)14(15)10(2)18-20/h7H,4-6,8H2,1-3H3,(H,16,22). The highest BCUT2D eigenvalue weighted by Crippen LogP contribution is 2.19. The lowest BCUT2D eigenvalue weighted by molar-refractivity contribution is -0.385. The van der Waals surface area contributed by atoms with Crippen molar-refractivity contribution in [2.24, 2.45) is 0 Å². The molecule has 0 bridgehead atoms. The second kappa shape index (κ2) is 7.56. The summed E-state index contributed by atoms with van der Waals surface area (Å²) in [6.45, 7) is 6.61. The van der Waals surface area contributed by atoms with Gasteiger partial charge in [0.1, 0.15) is 18.4 Å². The molecule has 0 unspecified atom stereocenters. The first-order valence-corrected chi connectivity index (χ1v) is 8.23. The summed E-state index contributed by atoms with van der Waals surface area (Å²) in [5, 5.41) is 21.9. The topological polar surface area (TPSA) is 108 Å². The van der Waals surface area contributed by atoms with Gasteiger partial charge in [-0.3, -0.25) is 24.3 Å². The Labute approximate surface area is 147 Å². The van der Waals surface area contributed by atoms with Gasteiger partial charge in [0.25, 0.3) is 0 Å². The fourth-order valence-electron chi connectivity index (χ4n) is 2.32. The smallest absolute Gasteiger partial charge is 0.309 e. The van der Waals surface area contributed by atoms with Crippen molar-refractivity contribution >= 4 is 27.5 Å². The van der Waals surface area contributed by atoms with E-state index in [1.54, 1.807) is 6.92 Å². The maximum atomic E-state index is 11.9. The highest BCUT2D eigenvalue weighted by Gasteiger charge is 2.16. The summed E-state index contributed by atoms with van der Waals surface area (Å²) in [7, 11) is 0. The first-order valence-electron chi connectivity index (χ1n) is 7.44. The van der Waals surface area contributed by atoms with E-state index in [0.29, 0.717) is 18.8 Å². The molecule has 0 aliphatic rings. The quantitative estimate of drug-likeness (QED) is 0.435. The van der Waals surface area contributed by atoms with Crippen LogP contribution in [0.25, 0.3) is 0 Å². The van der Waals surface area contributed by atoms with Crippen LogP contribution in [0.15, 0.2) is 10.7 Å². The fraction of sp³-hybridized carbons (Fsp3) is 0.500. The molecule has 0 spiro atoms. The summed E-state index contributed by atoms with van der Waals surface area (Å²) >= 11 is 3.48. The molecule has 10 heteroatoms. The van der Waals surface area contributed by atoms with Crippen LogP contribution in [0.4, 0.5) is 5.69 Å². The largest absolute Gasteiger partial charge is 0.354 e. The Morgan fingerprint density at radius 1 is 1.33 bits per heavy atom. The van der Waals surface area contributed by atoms with Crippen LogP contribution in [0.3, 0.4) is 0 Å². The van der Waals surface area contributed by atoms with Crippen molar-refractivity contribution in [2.75, 3.05) is 6.54 Å². The molecule has 0 fully saturated rings. The van der Waals surface area contributed by atoms with Crippen molar-refractivity contribution in [1.29, 1.82) is 0 Å². The van der Waals surface area contributed by atoms with E-state index < -0.39 is 4.92 Å². The molecule has 2 aromatic rings. The molecule has 0 radical (unpaired) electrons. The molecule has 0 saturated carbocycles. The van der Waals surface area contributed by atoms with E-state index in [2.05, 4.69) is 31.4 Å². The minimum absolute atomic E-state index is 0.0415. The average Bonchev–Trinajstić information content (AvgIpc) is 2.99. The van der Waals surface area contributed by atoms with Crippen molar-refractivity contribution in [1.82, 2.24) is 24.9 Å². The zero-order chi connectivity index (χ0) is 17.9. The zero-order valence-electron chi connectivity index (χ0n) is 13.7. The summed E-state index contributed by atoms with van der Waals surface area (Å²) in [6, 6.07) is 0. The van der Waals surface area contributed by atoms with E-state index in [0.717, 1.165) is 22.3 Å². The van der Waals surface area contributed by atoms with E-state index in [9.17, 15) is 14.9 Å². The number of aromatic nitrogens is 4. The van der Waals surface area contributed by atoms with Gasteiger partial charge in [0, 0.05) is 18.8 Å². The Morgan fingerprint density at radius 2 is 2.04 bits per heavy atom. The summed E-state index contributed by atoms with van der Waals surface area (Å²) < 4.78 is 4.18. The maximum absolute atomic E-state index is 11.9. The Balaban J connectivity index is 1.78. The summed E-state index contributed by atoms with van der Waals surface area (Å²) in [6.07, 6.45) is 2.00. The number of nitrogens with one attached hydrogen (secondary N) is 1. The van der Waals surface area contributed by atoms with Crippen LogP contribution in [0.5, 0.6) is 0 Å². The van der Waals surface area contributed by atoms with Crippen LogP contribution in [0.1, 0.15) is 23.5 Å². The number of nitro groups is 1. The molecule has 9 nitrogen and oxygen atoms in total. The molecular formula is C14H19BrN6O3. The maximum Gasteiger partial charge on any atom is 0.309 e. The van der Waals surface area contributed by atoms with Crippen molar-refractivity contribution in [3.63, 3.8) is 0 Å². The molecule has 0 aliphatic heterocycles. The van der Waals surface area contributed by atoms with E-state index in [-0.39, 0.29) is 18.1 Å².